The molecule has 34 heavy (non-hydrogen) atoms. The van der Waals surface area contributed by atoms with Crippen molar-refractivity contribution in [3.8, 4) is 11.1 Å². The van der Waals surface area contributed by atoms with Crippen LogP contribution in [-0.2, 0) is 21.7 Å². The molecule has 0 amide bonds. The predicted octanol–water partition coefficient (Wildman–Crippen LogP) is 10.3. The Morgan fingerprint density at radius 3 is 1.00 bits per heavy atom. The highest BCUT2D eigenvalue weighted by atomic mass is 14.4. The standard InChI is InChI=1S/C34H42/c1-31(2,3)22-17-24(33(7,8)9)29-27-20(22)15-13-19-14-16-21-23(32(4,5)6)18-25(34(10,11)12)30(29)28(21)26(19)27/h13-18H,1-12H3. The van der Waals surface area contributed by atoms with Crippen LogP contribution in [0.1, 0.15) is 105 Å². The molecule has 1 aliphatic rings. The van der Waals surface area contributed by atoms with E-state index in [9.17, 15) is 0 Å². The zero-order chi connectivity index (χ0) is 25.2. The average Bonchev–Trinajstić information content (AvgIpc) is 3.02. The van der Waals surface area contributed by atoms with Gasteiger partial charge in [0.1, 0.15) is 0 Å². The Kier molecular flexibility index (Phi) is 4.58. The molecule has 0 spiro atoms. The van der Waals surface area contributed by atoms with E-state index >= 15 is 0 Å². The predicted molar refractivity (Wildman–Crippen MR) is 153 cm³/mol. The molecule has 0 bridgehead atoms. The van der Waals surface area contributed by atoms with Gasteiger partial charge in [0.25, 0.3) is 0 Å². The SMILES string of the molecule is CC(C)(C)c1cc(C(C)(C)C)c2ccc3ccc4c(C(C)(C)C)cc(C(C)(C)C)c5c4c3c2c1-5. The second-order valence-corrected chi connectivity index (χ2v) is 14.8. The van der Waals surface area contributed by atoms with Crippen molar-refractivity contribution in [2.75, 3.05) is 0 Å². The summed E-state index contributed by atoms with van der Waals surface area (Å²) in [5, 5.41) is 8.71. The maximum atomic E-state index is 2.55. The molecule has 0 heterocycles. The van der Waals surface area contributed by atoms with E-state index in [0.29, 0.717) is 0 Å². The lowest BCUT2D eigenvalue weighted by molar-refractivity contribution is 0.569. The number of hydrogen-bond acceptors (Lipinski definition) is 0. The Morgan fingerprint density at radius 2 is 0.706 bits per heavy atom. The smallest absolute Gasteiger partial charge is 0.00139 e. The van der Waals surface area contributed by atoms with Gasteiger partial charge >= 0.3 is 0 Å². The van der Waals surface area contributed by atoms with Crippen LogP contribution in [0.3, 0.4) is 0 Å². The fraction of sp³-hybridized carbons (Fsp3) is 0.471. The van der Waals surface area contributed by atoms with Gasteiger partial charge in [-0.1, -0.05) is 119 Å². The van der Waals surface area contributed by atoms with Crippen molar-refractivity contribution in [3.63, 3.8) is 0 Å². The fourth-order valence-corrected chi connectivity index (χ4v) is 6.19. The van der Waals surface area contributed by atoms with Crippen LogP contribution in [0.5, 0.6) is 0 Å². The number of benzene rings is 4. The second kappa shape index (κ2) is 6.66. The first-order valence-electron chi connectivity index (χ1n) is 13.0. The summed E-state index contributed by atoms with van der Waals surface area (Å²) in [5.41, 5.74) is 9.18. The molecule has 0 saturated heterocycles. The molecule has 0 nitrogen and oxygen atoms in total. The Bertz CT molecular complexity index is 1390. The maximum Gasteiger partial charge on any atom is -0.00139 e. The van der Waals surface area contributed by atoms with Crippen LogP contribution in [0.15, 0.2) is 36.4 Å². The highest BCUT2D eigenvalue weighted by molar-refractivity contribution is 6.34. The van der Waals surface area contributed by atoms with Crippen LogP contribution in [-0.4, -0.2) is 0 Å². The van der Waals surface area contributed by atoms with Crippen molar-refractivity contribution in [1.29, 1.82) is 0 Å². The number of fused-ring (bicyclic) bond motifs is 1. The Labute approximate surface area is 206 Å². The van der Waals surface area contributed by atoms with E-state index in [-0.39, 0.29) is 21.7 Å². The molecule has 0 saturated carbocycles. The van der Waals surface area contributed by atoms with Crippen molar-refractivity contribution < 1.29 is 0 Å². The summed E-state index contributed by atoms with van der Waals surface area (Å²) >= 11 is 0. The first-order valence-corrected chi connectivity index (χ1v) is 13.0. The van der Waals surface area contributed by atoms with Gasteiger partial charge in [-0.05, 0) is 87.4 Å². The minimum atomic E-state index is 0.0535. The minimum Gasteiger partial charge on any atom is -0.0561 e. The highest BCUT2D eigenvalue weighted by Gasteiger charge is 2.36. The highest BCUT2D eigenvalue weighted by Crippen LogP contribution is 2.56. The van der Waals surface area contributed by atoms with Crippen molar-refractivity contribution in [1.82, 2.24) is 0 Å². The van der Waals surface area contributed by atoms with E-state index in [1.54, 1.807) is 0 Å². The normalized spacial score (nSPS) is 14.5. The Hall–Kier alpha value is -2.34. The number of rotatable bonds is 0. The second-order valence-electron chi connectivity index (χ2n) is 14.8. The van der Waals surface area contributed by atoms with E-state index in [2.05, 4.69) is 119 Å². The molecular formula is C34H42. The molecule has 178 valence electrons. The van der Waals surface area contributed by atoms with Gasteiger partial charge in [0.2, 0.25) is 0 Å². The quantitative estimate of drug-likeness (QED) is 0.206. The zero-order valence-corrected chi connectivity index (χ0v) is 23.5. The molecule has 4 aromatic carbocycles. The van der Waals surface area contributed by atoms with E-state index in [1.807, 2.05) is 0 Å². The molecule has 0 unspecified atom stereocenters. The van der Waals surface area contributed by atoms with Gasteiger partial charge < -0.3 is 0 Å². The summed E-state index contributed by atoms with van der Waals surface area (Å²) in [6.07, 6.45) is 0. The average molecular weight is 451 g/mol. The van der Waals surface area contributed by atoms with Crippen LogP contribution in [0.25, 0.3) is 43.4 Å². The lowest BCUT2D eigenvalue weighted by Gasteiger charge is -2.32. The van der Waals surface area contributed by atoms with Gasteiger partial charge in [-0.3, -0.25) is 0 Å². The summed E-state index contributed by atoms with van der Waals surface area (Å²) in [6, 6.07) is 14.6. The fourth-order valence-electron chi connectivity index (χ4n) is 6.19. The van der Waals surface area contributed by atoms with Crippen molar-refractivity contribution in [2.45, 2.75) is 105 Å². The number of hydrogen-bond donors (Lipinski definition) is 0. The molecular weight excluding hydrogens is 408 g/mol. The third-order valence-electron chi connectivity index (χ3n) is 7.86. The summed E-state index contributed by atoms with van der Waals surface area (Å²) in [7, 11) is 0. The molecule has 0 aliphatic heterocycles. The Balaban J connectivity index is 2.17. The summed E-state index contributed by atoms with van der Waals surface area (Å²) in [4.78, 5) is 0. The zero-order valence-electron chi connectivity index (χ0n) is 23.5. The van der Waals surface area contributed by atoms with Gasteiger partial charge in [-0.2, -0.15) is 0 Å². The molecule has 0 N–H and O–H groups in total. The monoisotopic (exact) mass is 450 g/mol. The van der Waals surface area contributed by atoms with E-state index in [0.717, 1.165) is 0 Å². The van der Waals surface area contributed by atoms with Crippen LogP contribution >= 0.6 is 0 Å². The summed E-state index contributed by atoms with van der Waals surface area (Å²) in [5.74, 6) is 0. The van der Waals surface area contributed by atoms with Gasteiger partial charge in [-0.25, -0.2) is 0 Å². The molecule has 0 atom stereocenters. The van der Waals surface area contributed by atoms with Crippen molar-refractivity contribution >= 4 is 32.3 Å². The summed E-state index contributed by atoms with van der Waals surface area (Å²) < 4.78 is 0. The molecule has 0 aromatic heterocycles. The lowest BCUT2D eigenvalue weighted by atomic mass is 9.72. The first-order chi connectivity index (χ1) is 15.4. The lowest BCUT2D eigenvalue weighted by Crippen LogP contribution is -2.20. The van der Waals surface area contributed by atoms with Crippen LogP contribution in [0.2, 0.25) is 0 Å². The van der Waals surface area contributed by atoms with Crippen molar-refractivity contribution in [2.24, 2.45) is 0 Å². The third kappa shape index (κ3) is 3.17. The molecule has 0 heteroatoms. The van der Waals surface area contributed by atoms with Gasteiger partial charge in [0.05, 0.1) is 0 Å². The van der Waals surface area contributed by atoms with Crippen LogP contribution in [0.4, 0.5) is 0 Å². The third-order valence-corrected chi connectivity index (χ3v) is 7.86. The molecule has 5 rings (SSSR count). The van der Waals surface area contributed by atoms with Crippen LogP contribution in [0, 0.1) is 0 Å². The van der Waals surface area contributed by atoms with E-state index in [4.69, 9.17) is 0 Å². The topological polar surface area (TPSA) is 0 Å². The minimum absolute atomic E-state index is 0.0535. The van der Waals surface area contributed by atoms with Crippen LogP contribution < -0.4 is 0 Å². The molecule has 1 aliphatic carbocycles. The van der Waals surface area contributed by atoms with E-state index in [1.165, 1.54) is 65.7 Å². The first kappa shape index (κ1) is 23.4. The largest absolute Gasteiger partial charge is 0.0561 e. The summed E-state index contributed by atoms with van der Waals surface area (Å²) in [6.45, 7) is 28.5. The van der Waals surface area contributed by atoms with E-state index < -0.39 is 0 Å². The van der Waals surface area contributed by atoms with Gasteiger partial charge in [-0.15, -0.1) is 0 Å². The molecule has 4 aromatic rings. The molecule has 0 fully saturated rings. The maximum absolute atomic E-state index is 2.55. The Morgan fingerprint density at radius 1 is 0.382 bits per heavy atom. The van der Waals surface area contributed by atoms with Gasteiger partial charge in [0, 0.05) is 0 Å². The molecule has 0 radical (unpaired) electrons. The van der Waals surface area contributed by atoms with Crippen molar-refractivity contribution in [3.05, 3.63) is 58.7 Å². The van der Waals surface area contributed by atoms with Gasteiger partial charge in [0.15, 0.2) is 0 Å².